The maximum Gasteiger partial charge on any atom is 0.236 e. The van der Waals surface area contributed by atoms with Gasteiger partial charge in [0.25, 0.3) is 0 Å². The van der Waals surface area contributed by atoms with Crippen molar-refractivity contribution in [1.29, 1.82) is 0 Å². The van der Waals surface area contributed by atoms with E-state index in [1.165, 1.54) is 9.71 Å². The lowest BCUT2D eigenvalue weighted by molar-refractivity contribution is -0.129. The summed E-state index contributed by atoms with van der Waals surface area (Å²) in [5.74, 6) is 0.185. The Hall–Kier alpha value is -1.50. The lowest BCUT2D eigenvalue weighted by Crippen LogP contribution is -2.38. The van der Waals surface area contributed by atoms with Gasteiger partial charge in [-0.15, -0.1) is 11.3 Å². The zero-order valence-electron chi connectivity index (χ0n) is 13.9. The maximum absolute atomic E-state index is 11.9. The minimum atomic E-state index is 0.185. The van der Waals surface area contributed by atoms with Gasteiger partial charge >= 0.3 is 0 Å². The second kappa shape index (κ2) is 7.38. The van der Waals surface area contributed by atoms with E-state index in [2.05, 4.69) is 28.0 Å². The first-order valence-corrected chi connectivity index (χ1v) is 8.93. The van der Waals surface area contributed by atoms with Crippen LogP contribution in [0.2, 0.25) is 0 Å². The van der Waals surface area contributed by atoms with Crippen molar-refractivity contribution in [3.05, 3.63) is 29.3 Å². The van der Waals surface area contributed by atoms with Gasteiger partial charge in [-0.25, -0.2) is 4.98 Å². The first-order chi connectivity index (χ1) is 11.1. The second-order valence-electron chi connectivity index (χ2n) is 6.27. The summed E-state index contributed by atoms with van der Waals surface area (Å²) in [7, 11) is 3.64. The molecule has 0 N–H and O–H groups in total. The van der Waals surface area contributed by atoms with Crippen LogP contribution < -0.4 is 0 Å². The fraction of sp³-hybridized carbons (Fsp3) is 0.529. The van der Waals surface area contributed by atoms with Gasteiger partial charge < -0.3 is 4.90 Å². The Bertz CT molecular complexity index is 636. The summed E-state index contributed by atoms with van der Waals surface area (Å²) in [6.07, 6.45) is 1.10. The number of likely N-dealkylation sites (N-methyl/N-ethyl adjacent to an activating group) is 1. The molecule has 1 aliphatic heterocycles. The number of para-hydroxylation sites is 1. The highest BCUT2D eigenvalue weighted by Gasteiger charge is 2.18. The molecule has 0 spiro atoms. The summed E-state index contributed by atoms with van der Waals surface area (Å²) in [6.45, 7) is 5.45. The fourth-order valence-corrected chi connectivity index (χ4v) is 3.86. The first kappa shape index (κ1) is 16.4. The number of hydrogen-bond donors (Lipinski definition) is 0. The molecule has 23 heavy (non-hydrogen) atoms. The van der Waals surface area contributed by atoms with Crippen LogP contribution in [-0.2, 0) is 11.3 Å². The number of fused-ring (bicyclic) bond motifs is 1. The topological polar surface area (TPSA) is 39.7 Å². The van der Waals surface area contributed by atoms with Crippen LogP contribution in [0, 0.1) is 0 Å². The number of amides is 1. The van der Waals surface area contributed by atoms with Crippen molar-refractivity contribution in [2.24, 2.45) is 0 Å². The van der Waals surface area contributed by atoms with E-state index in [1.807, 2.05) is 20.2 Å². The summed E-state index contributed by atoms with van der Waals surface area (Å²) in [5.41, 5.74) is 1.10. The van der Waals surface area contributed by atoms with Crippen molar-refractivity contribution >= 4 is 27.5 Å². The molecular weight excluding hydrogens is 308 g/mol. The molecule has 1 aliphatic rings. The Morgan fingerprint density at radius 2 is 1.91 bits per heavy atom. The van der Waals surface area contributed by atoms with E-state index in [-0.39, 0.29) is 5.91 Å². The number of thiazole rings is 1. The highest BCUT2D eigenvalue weighted by atomic mass is 32.1. The number of carbonyl (C=O) groups excluding carboxylic acids is 1. The van der Waals surface area contributed by atoms with Crippen molar-refractivity contribution < 1.29 is 4.79 Å². The number of hydrogen-bond acceptors (Lipinski definition) is 5. The normalized spacial score (nSPS) is 17.3. The third kappa shape index (κ3) is 4.28. The molecular formula is C17H24N4OS. The summed E-state index contributed by atoms with van der Waals surface area (Å²) < 4.78 is 1.26. The second-order valence-corrected chi connectivity index (χ2v) is 7.38. The van der Waals surface area contributed by atoms with Gasteiger partial charge in [-0.1, -0.05) is 12.1 Å². The molecule has 0 atom stereocenters. The predicted molar refractivity (Wildman–Crippen MR) is 94.6 cm³/mol. The molecule has 124 valence electrons. The van der Waals surface area contributed by atoms with E-state index in [0.29, 0.717) is 6.54 Å². The number of benzene rings is 1. The van der Waals surface area contributed by atoms with E-state index >= 15 is 0 Å². The monoisotopic (exact) mass is 332 g/mol. The number of rotatable bonds is 4. The summed E-state index contributed by atoms with van der Waals surface area (Å²) in [4.78, 5) is 23.0. The minimum Gasteiger partial charge on any atom is -0.348 e. The van der Waals surface area contributed by atoms with E-state index in [4.69, 9.17) is 4.98 Å². The van der Waals surface area contributed by atoms with Gasteiger partial charge in [-0.2, -0.15) is 0 Å². The molecule has 0 aliphatic carbocycles. The summed E-state index contributed by atoms with van der Waals surface area (Å²) >= 11 is 1.79. The molecule has 1 aromatic carbocycles. The van der Waals surface area contributed by atoms with Crippen LogP contribution in [0.4, 0.5) is 0 Å². The molecule has 1 amide bonds. The lowest BCUT2D eigenvalue weighted by Gasteiger charge is -2.22. The number of aromatic nitrogens is 1. The van der Waals surface area contributed by atoms with Crippen molar-refractivity contribution in [1.82, 2.24) is 19.7 Å². The van der Waals surface area contributed by atoms with Crippen molar-refractivity contribution in [3.63, 3.8) is 0 Å². The van der Waals surface area contributed by atoms with Crippen LogP contribution in [0.25, 0.3) is 10.2 Å². The Morgan fingerprint density at radius 3 is 2.70 bits per heavy atom. The summed E-state index contributed by atoms with van der Waals surface area (Å²) in [6, 6.07) is 8.31. The zero-order chi connectivity index (χ0) is 16.2. The van der Waals surface area contributed by atoms with E-state index in [9.17, 15) is 4.79 Å². The largest absolute Gasteiger partial charge is 0.348 e. The van der Waals surface area contributed by atoms with Crippen molar-refractivity contribution in [2.45, 2.75) is 13.0 Å². The SMILES string of the molecule is CN(C)C(=O)CN1CCCN(Cc2nc3ccccc3s2)CC1. The Kier molecular flexibility index (Phi) is 5.25. The third-order valence-corrected chi connectivity index (χ3v) is 5.26. The predicted octanol–water partition coefficient (Wildman–Crippen LogP) is 1.89. The highest BCUT2D eigenvalue weighted by molar-refractivity contribution is 7.18. The Balaban J connectivity index is 1.56. The van der Waals surface area contributed by atoms with Crippen LogP contribution in [0.3, 0.4) is 0 Å². The molecule has 6 heteroatoms. The summed E-state index contributed by atoms with van der Waals surface area (Å²) in [5, 5.41) is 1.18. The fourth-order valence-electron chi connectivity index (χ4n) is 2.85. The first-order valence-electron chi connectivity index (χ1n) is 8.11. The lowest BCUT2D eigenvalue weighted by atomic mass is 10.3. The molecule has 1 saturated heterocycles. The smallest absolute Gasteiger partial charge is 0.236 e. The van der Waals surface area contributed by atoms with Crippen molar-refractivity contribution in [3.8, 4) is 0 Å². The average molecular weight is 332 g/mol. The highest BCUT2D eigenvalue weighted by Crippen LogP contribution is 2.23. The molecule has 2 heterocycles. The van der Waals surface area contributed by atoms with Gasteiger partial charge in [0.15, 0.2) is 0 Å². The molecule has 0 radical (unpaired) electrons. The standard InChI is InChI=1S/C17H24N4OS/c1-19(2)17(22)13-21-9-5-8-20(10-11-21)12-16-18-14-6-3-4-7-15(14)23-16/h3-4,6-7H,5,8-13H2,1-2H3. The van der Waals surface area contributed by atoms with Crippen LogP contribution >= 0.6 is 11.3 Å². The molecule has 2 aromatic rings. The van der Waals surface area contributed by atoms with Crippen LogP contribution in [-0.4, -0.2) is 72.4 Å². The van der Waals surface area contributed by atoms with Crippen LogP contribution in [0.5, 0.6) is 0 Å². The van der Waals surface area contributed by atoms with E-state index < -0.39 is 0 Å². The van der Waals surface area contributed by atoms with E-state index in [1.54, 1.807) is 16.2 Å². The molecule has 0 unspecified atom stereocenters. The zero-order valence-corrected chi connectivity index (χ0v) is 14.7. The molecule has 0 bridgehead atoms. The maximum atomic E-state index is 11.9. The average Bonchev–Trinajstić information content (AvgIpc) is 2.81. The van der Waals surface area contributed by atoms with Gasteiger partial charge in [0.2, 0.25) is 5.91 Å². The van der Waals surface area contributed by atoms with Crippen LogP contribution in [0.1, 0.15) is 11.4 Å². The molecule has 3 rings (SSSR count). The Morgan fingerprint density at radius 1 is 1.17 bits per heavy atom. The van der Waals surface area contributed by atoms with Gasteiger partial charge in [0.1, 0.15) is 5.01 Å². The van der Waals surface area contributed by atoms with Crippen molar-refractivity contribution in [2.75, 3.05) is 46.8 Å². The Labute approximate surface area is 141 Å². The van der Waals surface area contributed by atoms with Gasteiger partial charge in [0.05, 0.1) is 23.3 Å². The third-order valence-electron chi connectivity index (χ3n) is 4.24. The molecule has 1 fully saturated rings. The quantitative estimate of drug-likeness (QED) is 0.857. The van der Waals surface area contributed by atoms with Crippen LogP contribution in [0.15, 0.2) is 24.3 Å². The number of carbonyl (C=O) groups is 1. The molecule has 0 saturated carbocycles. The molecule has 5 nitrogen and oxygen atoms in total. The number of nitrogens with zero attached hydrogens (tertiary/aromatic N) is 4. The van der Waals surface area contributed by atoms with Gasteiger partial charge in [-0.3, -0.25) is 14.6 Å². The van der Waals surface area contributed by atoms with Gasteiger partial charge in [0, 0.05) is 27.2 Å². The van der Waals surface area contributed by atoms with Gasteiger partial charge in [-0.05, 0) is 31.6 Å². The van der Waals surface area contributed by atoms with E-state index in [0.717, 1.165) is 44.7 Å². The minimum absolute atomic E-state index is 0.185. The molecule has 1 aromatic heterocycles.